The van der Waals surface area contributed by atoms with Crippen LogP contribution in [0.25, 0.3) is 0 Å². The van der Waals surface area contributed by atoms with Gasteiger partial charge in [0.25, 0.3) is 0 Å². The van der Waals surface area contributed by atoms with Crippen molar-refractivity contribution in [1.29, 1.82) is 0 Å². The molecule has 1 fully saturated rings. The maximum Gasteiger partial charge on any atom is 0.0828 e. The second-order valence-corrected chi connectivity index (χ2v) is 6.54. The van der Waals surface area contributed by atoms with Gasteiger partial charge < -0.3 is 10.1 Å². The quantitative estimate of drug-likeness (QED) is 0.746. The fourth-order valence-electron chi connectivity index (χ4n) is 4.00. The summed E-state index contributed by atoms with van der Waals surface area (Å²) in [6.07, 6.45) is 6.27. The Labute approximate surface area is 120 Å². The van der Waals surface area contributed by atoms with E-state index in [0.717, 1.165) is 37.1 Å². The van der Waals surface area contributed by atoms with E-state index in [1.54, 1.807) is 0 Å². The first-order valence-electron chi connectivity index (χ1n) is 8.33. The van der Waals surface area contributed by atoms with Gasteiger partial charge in [0.2, 0.25) is 0 Å². The molecule has 1 aliphatic carbocycles. The molecule has 0 aromatic heterocycles. The van der Waals surface area contributed by atoms with Crippen molar-refractivity contribution in [3.63, 3.8) is 0 Å². The van der Waals surface area contributed by atoms with Gasteiger partial charge in [-0.3, -0.25) is 0 Å². The summed E-state index contributed by atoms with van der Waals surface area (Å²) < 4.78 is 6.00. The van der Waals surface area contributed by atoms with E-state index in [4.69, 9.17) is 4.74 Å². The lowest BCUT2D eigenvalue weighted by atomic mass is 9.68. The van der Waals surface area contributed by atoms with Crippen LogP contribution in [-0.4, -0.2) is 25.3 Å². The molecule has 114 valence electrons. The number of hydrogen-bond donors (Lipinski definition) is 1. The highest BCUT2D eigenvalue weighted by atomic mass is 16.5. The molecule has 0 bridgehead atoms. The van der Waals surface area contributed by atoms with Gasteiger partial charge in [0, 0.05) is 13.2 Å². The zero-order valence-electron chi connectivity index (χ0n) is 14.0. The number of ether oxygens (including phenoxy) is 1. The van der Waals surface area contributed by atoms with Crippen molar-refractivity contribution in [2.24, 2.45) is 17.8 Å². The molecule has 1 aliphatic rings. The number of rotatable bonds is 7. The SMILES string of the molecule is CCNC(C1CCC(C)C(C)C1)C(CC)(CC)OC. The van der Waals surface area contributed by atoms with Crippen molar-refractivity contribution in [2.75, 3.05) is 13.7 Å². The molecule has 1 saturated carbocycles. The normalized spacial score (nSPS) is 30.3. The molecule has 4 atom stereocenters. The van der Waals surface area contributed by atoms with E-state index in [0.29, 0.717) is 6.04 Å². The third-order valence-corrected chi connectivity index (χ3v) is 5.70. The lowest BCUT2D eigenvalue weighted by Gasteiger charge is -2.46. The van der Waals surface area contributed by atoms with Crippen LogP contribution in [-0.2, 0) is 4.74 Å². The summed E-state index contributed by atoms with van der Waals surface area (Å²) in [5.74, 6) is 2.51. The average molecular weight is 269 g/mol. The van der Waals surface area contributed by atoms with Crippen LogP contribution < -0.4 is 5.32 Å². The molecule has 2 heteroatoms. The first kappa shape index (κ1) is 17.0. The van der Waals surface area contributed by atoms with E-state index >= 15 is 0 Å². The Morgan fingerprint density at radius 3 is 2.16 bits per heavy atom. The second-order valence-electron chi connectivity index (χ2n) is 6.54. The minimum absolute atomic E-state index is 0.0149. The number of hydrogen-bond acceptors (Lipinski definition) is 2. The molecule has 2 nitrogen and oxygen atoms in total. The summed E-state index contributed by atoms with van der Waals surface area (Å²) in [5.41, 5.74) is 0.0149. The molecule has 0 aromatic carbocycles. The third-order valence-electron chi connectivity index (χ3n) is 5.70. The van der Waals surface area contributed by atoms with E-state index in [1.807, 2.05) is 7.11 Å². The standard InChI is InChI=1S/C17H35NO/c1-7-17(8-2,19-6)16(18-9-3)15-11-10-13(4)14(5)12-15/h13-16,18H,7-12H2,1-6H3. The van der Waals surface area contributed by atoms with E-state index in [1.165, 1.54) is 19.3 Å². The summed E-state index contributed by atoms with van der Waals surface area (Å²) in [6.45, 7) is 12.6. The lowest BCUT2D eigenvalue weighted by molar-refractivity contribution is -0.0708. The van der Waals surface area contributed by atoms with Crippen molar-refractivity contribution in [2.45, 2.75) is 78.4 Å². The molecule has 19 heavy (non-hydrogen) atoms. The number of nitrogens with one attached hydrogen (secondary N) is 1. The second kappa shape index (κ2) is 7.64. The van der Waals surface area contributed by atoms with E-state index in [9.17, 15) is 0 Å². The Hall–Kier alpha value is -0.0800. The Morgan fingerprint density at radius 2 is 1.74 bits per heavy atom. The Bertz CT molecular complexity index is 241. The molecule has 0 aromatic rings. The van der Waals surface area contributed by atoms with Crippen LogP contribution in [0.15, 0.2) is 0 Å². The maximum absolute atomic E-state index is 6.00. The molecular formula is C17H35NO. The van der Waals surface area contributed by atoms with Crippen LogP contribution in [0.3, 0.4) is 0 Å². The van der Waals surface area contributed by atoms with Gasteiger partial charge in [-0.2, -0.15) is 0 Å². The summed E-state index contributed by atoms with van der Waals surface area (Å²) in [4.78, 5) is 0. The molecule has 1 rings (SSSR count). The van der Waals surface area contributed by atoms with Gasteiger partial charge in [-0.15, -0.1) is 0 Å². The highest BCUT2D eigenvalue weighted by molar-refractivity contribution is 4.97. The molecule has 0 radical (unpaired) electrons. The maximum atomic E-state index is 6.00. The monoisotopic (exact) mass is 269 g/mol. The first-order chi connectivity index (χ1) is 9.04. The molecule has 0 saturated heterocycles. The molecule has 0 aliphatic heterocycles. The van der Waals surface area contributed by atoms with Crippen molar-refractivity contribution >= 4 is 0 Å². The lowest BCUT2D eigenvalue weighted by Crippen LogP contribution is -2.56. The summed E-state index contributed by atoms with van der Waals surface area (Å²) in [5, 5.41) is 3.76. The largest absolute Gasteiger partial charge is 0.377 e. The zero-order valence-corrected chi connectivity index (χ0v) is 14.0. The van der Waals surface area contributed by atoms with Gasteiger partial charge in [0.1, 0.15) is 0 Å². The minimum atomic E-state index is 0.0149. The van der Waals surface area contributed by atoms with Crippen molar-refractivity contribution in [3.05, 3.63) is 0 Å². The smallest absolute Gasteiger partial charge is 0.0828 e. The van der Waals surface area contributed by atoms with Crippen molar-refractivity contribution < 1.29 is 4.74 Å². The molecule has 0 spiro atoms. The fourth-order valence-corrected chi connectivity index (χ4v) is 4.00. The van der Waals surface area contributed by atoms with E-state index in [-0.39, 0.29) is 5.60 Å². The van der Waals surface area contributed by atoms with Crippen LogP contribution in [0.2, 0.25) is 0 Å². The fraction of sp³-hybridized carbons (Fsp3) is 1.00. The summed E-state index contributed by atoms with van der Waals surface area (Å²) >= 11 is 0. The van der Waals surface area contributed by atoms with Gasteiger partial charge in [-0.05, 0) is 50.0 Å². The van der Waals surface area contributed by atoms with Gasteiger partial charge in [-0.1, -0.05) is 41.0 Å². The molecular weight excluding hydrogens is 234 g/mol. The average Bonchev–Trinajstić information content (AvgIpc) is 2.43. The van der Waals surface area contributed by atoms with E-state index < -0.39 is 0 Å². The molecule has 0 amide bonds. The Morgan fingerprint density at radius 1 is 1.11 bits per heavy atom. The predicted octanol–water partition coefficient (Wildman–Crippen LogP) is 4.24. The summed E-state index contributed by atoms with van der Waals surface area (Å²) in [7, 11) is 1.90. The van der Waals surface area contributed by atoms with Crippen molar-refractivity contribution in [1.82, 2.24) is 5.32 Å². The van der Waals surface area contributed by atoms with E-state index in [2.05, 4.69) is 39.9 Å². The first-order valence-corrected chi connectivity index (χ1v) is 8.33. The molecule has 4 unspecified atom stereocenters. The number of methoxy groups -OCH3 is 1. The molecule has 1 N–H and O–H groups in total. The highest BCUT2D eigenvalue weighted by Crippen LogP contribution is 2.40. The van der Waals surface area contributed by atoms with Crippen LogP contribution in [0.4, 0.5) is 0 Å². The number of likely N-dealkylation sites (N-methyl/N-ethyl adjacent to an activating group) is 1. The van der Waals surface area contributed by atoms with Crippen LogP contribution >= 0.6 is 0 Å². The third kappa shape index (κ3) is 3.72. The van der Waals surface area contributed by atoms with Crippen LogP contribution in [0.1, 0.15) is 66.7 Å². The zero-order chi connectivity index (χ0) is 14.5. The van der Waals surface area contributed by atoms with Gasteiger partial charge >= 0.3 is 0 Å². The van der Waals surface area contributed by atoms with Gasteiger partial charge in [0.05, 0.1) is 5.60 Å². The minimum Gasteiger partial charge on any atom is -0.377 e. The van der Waals surface area contributed by atoms with Crippen molar-refractivity contribution in [3.8, 4) is 0 Å². The Kier molecular flexibility index (Phi) is 6.82. The van der Waals surface area contributed by atoms with Crippen LogP contribution in [0.5, 0.6) is 0 Å². The Balaban J connectivity index is 2.87. The summed E-state index contributed by atoms with van der Waals surface area (Å²) in [6, 6.07) is 0.507. The van der Waals surface area contributed by atoms with Gasteiger partial charge in [-0.25, -0.2) is 0 Å². The highest BCUT2D eigenvalue weighted by Gasteiger charge is 2.42. The van der Waals surface area contributed by atoms with Crippen LogP contribution in [0, 0.1) is 17.8 Å². The van der Waals surface area contributed by atoms with Gasteiger partial charge in [0.15, 0.2) is 0 Å². The topological polar surface area (TPSA) is 21.3 Å². The predicted molar refractivity (Wildman–Crippen MR) is 83.5 cm³/mol. The molecule has 0 heterocycles.